The second-order valence-electron chi connectivity index (χ2n) is 7.97. The Morgan fingerprint density at radius 1 is 1.14 bits per heavy atom. The number of hydrogen-bond donors (Lipinski definition) is 4. The molecule has 0 aromatic carbocycles. The van der Waals surface area contributed by atoms with Gasteiger partial charge in [0.05, 0.1) is 11.2 Å². The van der Waals surface area contributed by atoms with E-state index in [1.165, 1.54) is 0 Å². The maximum atomic E-state index is 12.0. The quantitative estimate of drug-likeness (QED) is 0.293. The highest BCUT2D eigenvalue weighted by Gasteiger charge is 2.51. The Labute approximate surface area is 174 Å². The maximum Gasteiger partial charge on any atom is 0.408 e. The van der Waals surface area contributed by atoms with Gasteiger partial charge in [-0.1, -0.05) is 0 Å². The molecular formula is C16H33NO9P2S. The molecule has 2 fully saturated rings. The molecule has 0 saturated heterocycles. The predicted molar refractivity (Wildman–Crippen MR) is 113 cm³/mol. The monoisotopic (exact) mass is 477 g/mol. The van der Waals surface area contributed by atoms with Crippen molar-refractivity contribution in [2.75, 3.05) is 51.5 Å². The largest absolute Gasteiger partial charge is 0.449 e. The number of rotatable bonds is 13. The summed E-state index contributed by atoms with van der Waals surface area (Å²) in [7, 11) is -4.15. The lowest BCUT2D eigenvalue weighted by atomic mass is 10.4. The standard InChI is InChI=1S/C16H33NO9P2S/c1-23-15(5-6-15)11-29(4,12-16(24-2)7-8-16)10-9-26-13(18)17-14(27(19)20)28(21,22)25-3/h14,19-20H,5-12H2,1-4H3,(H,17,18)(H,21,22). The first kappa shape index (κ1) is 25.3. The zero-order valence-corrected chi connectivity index (χ0v) is 19.9. The minimum atomic E-state index is -4.42. The molecule has 0 aliphatic heterocycles. The number of hydrogen-bond acceptors (Lipinski definition) is 8. The van der Waals surface area contributed by atoms with Crippen molar-refractivity contribution in [2.24, 2.45) is 0 Å². The lowest BCUT2D eigenvalue weighted by Gasteiger charge is -2.41. The van der Waals surface area contributed by atoms with Crippen LogP contribution in [0.4, 0.5) is 4.79 Å². The summed E-state index contributed by atoms with van der Waals surface area (Å²) in [6, 6.07) is 0. The van der Waals surface area contributed by atoms with Crippen LogP contribution in [0.3, 0.4) is 0 Å². The Bertz CT molecular complexity index is 606. The van der Waals surface area contributed by atoms with Crippen molar-refractivity contribution in [2.45, 2.75) is 42.4 Å². The van der Waals surface area contributed by atoms with E-state index in [2.05, 4.69) is 10.8 Å². The molecule has 1 amide bonds. The molecule has 0 spiro atoms. The maximum absolute atomic E-state index is 12.0. The van der Waals surface area contributed by atoms with Crippen molar-refractivity contribution in [3.8, 4) is 0 Å². The highest BCUT2D eigenvalue weighted by Crippen LogP contribution is 2.60. The first-order valence-electron chi connectivity index (χ1n) is 9.25. The van der Waals surface area contributed by atoms with Crippen LogP contribution in [0.25, 0.3) is 0 Å². The first-order chi connectivity index (χ1) is 13.4. The zero-order chi connectivity index (χ0) is 21.9. The predicted octanol–water partition coefficient (Wildman–Crippen LogP) is 1.92. The summed E-state index contributed by atoms with van der Waals surface area (Å²) in [5.41, 5.74) is -2.01. The highest BCUT2D eigenvalue weighted by atomic mass is 32.3. The molecule has 2 atom stereocenters. The molecular weight excluding hydrogens is 444 g/mol. The number of carbonyl (C=O) groups is 1. The third kappa shape index (κ3) is 7.02. The lowest BCUT2D eigenvalue weighted by molar-refractivity contribution is 0.0949. The fraction of sp³-hybridized carbons (Fsp3) is 0.938. The second kappa shape index (κ2) is 9.67. The van der Waals surface area contributed by atoms with Crippen LogP contribution in [0.2, 0.25) is 0 Å². The minimum Gasteiger partial charge on any atom is -0.449 e. The van der Waals surface area contributed by atoms with Gasteiger partial charge in [-0.2, -0.15) is 0 Å². The van der Waals surface area contributed by atoms with Crippen LogP contribution in [-0.2, 0) is 23.3 Å². The summed E-state index contributed by atoms with van der Waals surface area (Å²) in [6.07, 6.45) is 5.30. The van der Waals surface area contributed by atoms with E-state index in [9.17, 15) is 24.0 Å². The first-order valence-corrected chi connectivity index (χ1v) is 14.8. The van der Waals surface area contributed by atoms with Crippen molar-refractivity contribution >= 4 is 32.1 Å². The zero-order valence-electron chi connectivity index (χ0n) is 17.3. The number of methoxy groups -OCH3 is 2. The van der Waals surface area contributed by atoms with Gasteiger partial charge >= 0.3 is 13.7 Å². The van der Waals surface area contributed by atoms with Crippen molar-refractivity contribution in [3.05, 3.63) is 0 Å². The Hall–Kier alpha value is 0.0400. The van der Waals surface area contributed by atoms with Gasteiger partial charge in [-0.15, -0.1) is 0 Å². The van der Waals surface area contributed by atoms with Crippen LogP contribution in [0.15, 0.2) is 0 Å². The molecule has 2 aliphatic rings. The summed E-state index contributed by atoms with van der Waals surface area (Å²) in [4.78, 5) is 40.3. The van der Waals surface area contributed by atoms with Crippen LogP contribution in [0.1, 0.15) is 25.7 Å². The fourth-order valence-electron chi connectivity index (χ4n) is 3.41. The summed E-state index contributed by atoms with van der Waals surface area (Å²) >= 11 is 0. The second-order valence-corrected chi connectivity index (χ2v) is 15.5. The van der Waals surface area contributed by atoms with Gasteiger partial charge < -0.3 is 33.4 Å². The van der Waals surface area contributed by atoms with Crippen molar-refractivity contribution < 1.29 is 42.8 Å². The van der Waals surface area contributed by atoms with Gasteiger partial charge in [0.25, 0.3) is 0 Å². The van der Waals surface area contributed by atoms with E-state index in [1.54, 1.807) is 14.2 Å². The van der Waals surface area contributed by atoms with Gasteiger partial charge in [-0.25, -0.2) is 14.8 Å². The van der Waals surface area contributed by atoms with Gasteiger partial charge in [0, 0.05) is 38.6 Å². The van der Waals surface area contributed by atoms with Crippen molar-refractivity contribution in [3.63, 3.8) is 0 Å². The van der Waals surface area contributed by atoms with Crippen LogP contribution in [-0.4, -0.2) is 89.0 Å². The van der Waals surface area contributed by atoms with Crippen molar-refractivity contribution in [1.82, 2.24) is 5.32 Å². The summed E-state index contributed by atoms with van der Waals surface area (Å²) in [5, 5.41) is 2.03. The van der Waals surface area contributed by atoms with Gasteiger partial charge in [-0.3, -0.25) is 9.88 Å². The molecule has 0 aromatic heterocycles. The molecule has 0 aromatic rings. The molecule has 0 heterocycles. The molecule has 2 rings (SSSR count). The van der Waals surface area contributed by atoms with Crippen LogP contribution in [0, 0.1) is 0 Å². The van der Waals surface area contributed by atoms with Crippen LogP contribution < -0.4 is 5.32 Å². The fourth-order valence-corrected chi connectivity index (χ4v) is 9.66. The average Bonchev–Trinajstić information content (AvgIpc) is 3.57. The molecule has 10 nitrogen and oxygen atoms in total. The van der Waals surface area contributed by atoms with Gasteiger partial charge in [-0.05, 0) is 31.9 Å². The normalized spacial score (nSPS) is 23.2. The van der Waals surface area contributed by atoms with E-state index < -0.39 is 37.6 Å². The lowest BCUT2D eigenvalue weighted by Crippen LogP contribution is -2.36. The molecule has 2 unspecified atom stereocenters. The van der Waals surface area contributed by atoms with Gasteiger partial charge in [0.15, 0.2) is 0 Å². The Kier molecular flexibility index (Phi) is 8.44. The number of carbonyl (C=O) groups excluding carboxylic acids is 1. The number of ether oxygens (including phenoxy) is 3. The van der Waals surface area contributed by atoms with E-state index >= 15 is 0 Å². The minimum absolute atomic E-state index is 0.0904. The SMILES string of the molecule is COC1(CS(C)(CCOC(=O)NC(P(O)O)P(=O)(O)OC)CC2(OC)CC2)CC1. The average molecular weight is 477 g/mol. The Morgan fingerprint density at radius 2 is 1.62 bits per heavy atom. The number of amides is 1. The van der Waals surface area contributed by atoms with Crippen LogP contribution >= 0.6 is 26.0 Å². The molecule has 2 aliphatic carbocycles. The summed E-state index contributed by atoms with van der Waals surface area (Å²) in [5.74, 6) is 2.45. The summed E-state index contributed by atoms with van der Waals surface area (Å²) < 4.78 is 32.8. The van der Waals surface area contributed by atoms with Gasteiger partial charge in [0.1, 0.15) is 6.61 Å². The third-order valence-electron chi connectivity index (χ3n) is 5.55. The molecule has 172 valence electrons. The van der Waals surface area contributed by atoms with E-state index in [1.807, 2.05) is 5.32 Å². The molecule has 0 bridgehead atoms. The Morgan fingerprint density at radius 3 is 1.97 bits per heavy atom. The highest BCUT2D eigenvalue weighted by molar-refractivity contribution is 8.33. The van der Waals surface area contributed by atoms with E-state index in [-0.39, 0.29) is 17.8 Å². The number of nitrogens with one attached hydrogen (secondary N) is 1. The van der Waals surface area contributed by atoms with Crippen molar-refractivity contribution in [1.29, 1.82) is 0 Å². The topological polar surface area (TPSA) is 144 Å². The summed E-state index contributed by atoms with van der Waals surface area (Å²) in [6.45, 7) is 0.0987. The van der Waals surface area contributed by atoms with E-state index in [4.69, 9.17) is 14.2 Å². The molecule has 13 heteroatoms. The number of alkyl carbamates (subject to hydrolysis) is 1. The van der Waals surface area contributed by atoms with E-state index in [0.29, 0.717) is 5.75 Å². The molecule has 4 N–H and O–H groups in total. The van der Waals surface area contributed by atoms with E-state index in [0.717, 1.165) is 44.3 Å². The third-order valence-corrected chi connectivity index (χ3v) is 12.5. The molecule has 2 saturated carbocycles. The Balaban J connectivity index is 1.93. The smallest absolute Gasteiger partial charge is 0.408 e. The van der Waals surface area contributed by atoms with Gasteiger partial charge in [0.2, 0.25) is 13.9 Å². The van der Waals surface area contributed by atoms with Crippen LogP contribution in [0.5, 0.6) is 0 Å². The molecule has 29 heavy (non-hydrogen) atoms. The molecule has 0 radical (unpaired) electrons.